The van der Waals surface area contributed by atoms with Gasteiger partial charge in [-0.15, -0.1) is 0 Å². The summed E-state index contributed by atoms with van der Waals surface area (Å²) in [4.78, 5) is 10.1. The molecular formula is C22H28N4O3S. The monoisotopic (exact) mass is 428 g/mol. The Morgan fingerprint density at radius 2 is 2.03 bits per heavy atom. The summed E-state index contributed by atoms with van der Waals surface area (Å²) < 4.78 is 28.4. The van der Waals surface area contributed by atoms with E-state index in [1.165, 1.54) is 25.9 Å². The van der Waals surface area contributed by atoms with E-state index in [2.05, 4.69) is 26.6 Å². The minimum Gasteiger partial charge on any atom is -0.493 e. The summed E-state index contributed by atoms with van der Waals surface area (Å²) in [7, 11) is 2.18. The van der Waals surface area contributed by atoms with E-state index in [0.717, 1.165) is 45.8 Å². The molecule has 0 bridgehead atoms. The van der Waals surface area contributed by atoms with Crippen LogP contribution in [0.1, 0.15) is 24.8 Å². The Morgan fingerprint density at radius 1 is 1.27 bits per heavy atom. The molecule has 1 unspecified atom stereocenters. The average molecular weight is 429 g/mol. The minimum absolute atomic E-state index is 0.337. The van der Waals surface area contributed by atoms with Gasteiger partial charge in [-0.3, -0.25) is 4.55 Å². The lowest BCUT2D eigenvalue weighted by Crippen LogP contribution is -2.30. The van der Waals surface area contributed by atoms with Gasteiger partial charge >= 0.3 is 0 Å². The molecule has 0 radical (unpaired) electrons. The predicted molar refractivity (Wildman–Crippen MR) is 119 cm³/mol. The summed E-state index contributed by atoms with van der Waals surface area (Å²) in [6.07, 6.45) is 7.29. The van der Waals surface area contributed by atoms with Gasteiger partial charge in [0.05, 0.1) is 12.0 Å². The summed E-state index contributed by atoms with van der Waals surface area (Å²) in [6, 6.07) is 9.85. The van der Waals surface area contributed by atoms with Crippen molar-refractivity contribution in [2.45, 2.75) is 25.8 Å². The number of nitrogens with one attached hydrogen (secondary N) is 2. The van der Waals surface area contributed by atoms with Crippen molar-refractivity contribution in [1.82, 2.24) is 19.6 Å². The van der Waals surface area contributed by atoms with Crippen molar-refractivity contribution in [2.24, 2.45) is 5.92 Å². The van der Waals surface area contributed by atoms with Gasteiger partial charge in [-0.05, 0) is 62.5 Å². The number of hydrogen-bond donors (Lipinski definition) is 3. The van der Waals surface area contributed by atoms with Gasteiger partial charge in [-0.25, -0.2) is 13.9 Å². The van der Waals surface area contributed by atoms with E-state index in [0.29, 0.717) is 13.2 Å². The van der Waals surface area contributed by atoms with Crippen LogP contribution in [0.5, 0.6) is 5.75 Å². The first-order valence-electron chi connectivity index (χ1n) is 10.3. The van der Waals surface area contributed by atoms with Crippen molar-refractivity contribution in [1.29, 1.82) is 0 Å². The first kappa shape index (κ1) is 21.0. The van der Waals surface area contributed by atoms with Gasteiger partial charge in [0.15, 0.2) is 0 Å². The predicted octanol–water partition coefficient (Wildman–Crippen LogP) is 3.57. The number of aromatic amines is 1. The maximum Gasteiger partial charge on any atom is 0.232 e. The van der Waals surface area contributed by atoms with Gasteiger partial charge in [0.1, 0.15) is 11.4 Å². The molecule has 4 rings (SSSR count). The Morgan fingerprint density at radius 3 is 2.77 bits per heavy atom. The van der Waals surface area contributed by atoms with Crippen LogP contribution >= 0.6 is 0 Å². The van der Waals surface area contributed by atoms with Crippen LogP contribution < -0.4 is 9.46 Å². The number of hydrogen-bond acceptors (Lipinski definition) is 4. The molecule has 1 aliphatic heterocycles. The first-order valence-corrected chi connectivity index (χ1v) is 11.4. The van der Waals surface area contributed by atoms with E-state index in [-0.39, 0.29) is 0 Å². The number of likely N-dealkylation sites (tertiary alicyclic amines) is 1. The molecule has 0 amide bonds. The highest BCUT2D eigenvalue weighted by Gasteiger charge is 2.17. The second-order valence-corrected chi connectivity index (χ2v) is 8.67. The van der Waals surface area contributed by atoms with Crippen molar-refractivity contribution in [2.75, 3.05) is 26.7 Å². The maximum atomic E-state index is 10.8. The smallest absolute Gasteiger partial charge is 0.232 e. The maximum absolute atomic E-state index is 10.8. The van der Waals surface area contributed by atoms with Gasteiger partial charge in [0.25, 0.3) is 0 Å². The van der Waals surface area contributed by atoms with Crippen molar-refractivity contribution < 1.29 is 13.5 Å². The molecule has 1 aromatic carbocycles. The number of ether oxygens (including phenoxy) is 1. The topological polar surface area (TPSA) is 90.5 Å². The zero-order chi connectivity index (χ0) is 20.9. The van der Waals surface area contributed by atoms with Crippen molar-refractivity contribution in [3.05, 3.63) is 48.3 Å². The molecule has 1 aliphatic rings. The summed E-state index contributed by atoms with van der Waals surface area (Å²) in [6.45, 7) is 3.39. The second kappa shape index (κ2) is 9.70. The highest BCUT2D eigenvalue weighted by Crippen LogP contribution is 2.34. The number of benzene rings is 1. The highest BCUT2D eigenvalue weighted by molar-refractivity contribution is 7.77. The van der Waals surface area contributed by atoms with Crippen molar-refractivity contribution >= 4 is 22.3 Å². The Bertz CT molecular complexity index is 997. The number of H-pyrrole nitrogens is 1. The molecule has 8 heteroatoms. The van der Waals surface area contributed by atoms with E-state index in [9.17, 15) is 4.21 Å². The molecule has 0 aliphatic carbocycles. The summed E-state index contributed by atoms with van der Waals surface area (Å²) >= 11 is -2.01. The number of pyridine rings is 1. The van der Waals surface area contributed by atoms with E-state index in [4.69, 9.17) is 9.29 Å². The standard InChI is InChI=1S/C22H28N4O3S/c1-26-11-7-16(8-12-26)9-13-29-20-6-10-23-22-21(20)19(15-24-22)18-4-2-17(3-5-18)14-25-30(27)28/h2-6,10,15-16,25H,7-9,11-14H2,1H3,(H,23,24)(H,27,28). The molecule has 3 N–H and O–H groups in total. The van der Waals surface area contributed by atoms with Gasteiger partial charge in [0.2, 0.25) is 11.3 Å². The van der Waals surface area contributed by atoms with E-state index >= 15 is 0 Å². The van der Waals surface area contributed by atoms with Crippen LogP contribution in [0.15, 0.2) is 42.7 Å². The lowest BCUT2D eigenvalue weighted by atomic mass is 9.94. The summed E-state index contributed by atoms with van der Waals surface area (Å²) in [5.41, 5.74) is 3.83. The zero-order valence-electron chi connectivity index (χ0n) is 17.1. The molecule has 7 nitrogen and oxygen atoms in total. The van der Waals surface area contributed by atoms with Crippen LogP contribution in [0, 0.1) is 5.92 Å². The van der Waals surface area contributed by atoms with Crippen LogP contribution in [0.25, 0.3) is 22.2 Å². The molecule has 2 aromatic heterocycles. The largest absolute Gasteiger partial charge is 0.493 e. The number of aromatic nitrogens is 2. The van der Waals surface area contributed by atoms with E-state index < -0.39 is 11.3 Å². The third-order valence-corrected chi connectivity index (χ3v) is 6.21. The van der Waals surface area contributed by atoms with Gasteiger partial charge < -0.3 is 14.6 Å². The number of piperidine rings is 1. The minimum atomic E-state index is -2.01. The fraction of sp³-hybridized carbons (Fsp3) is 0.409. The number of rotatable bonds is 8. The molecule has 30 heavy (non-hydrogen) atoms. The zero-order valence-corrected chi connectivity index (χ0v) is 18.0. The summed E-state index contributed by atoms with van der Waals surface area (Å²) in [5, 5.41) is 0.989. The van der Waals surface area contributed by atoms with Crippen molar-refractivity contribution in [3.63, 3.8) is 0 Å². The first-order chi connectivity index (χ1) is 14.6. The number of nitrogens with zero attached hydrogens (tertiary/aromatic N) is 2. The molecule has 1 saturated heterocycles. The number of fused-ring (bicyclic) bond motifs is 1. The third-order valence-electron chi connectivity index (χ3n) is 5.82. The SMILES string of the molecule is CN1CCC(CCOc2ccnc3[nH]cc(-c4ccc(CNS(=O)O)cc4)c23)CC1. The van der Waals surface area contributed by atoms with Gasteiger partial charge in [-0.1, -0.05) is 24.3 Å². The molecule has 1 fully saturated rings. The Hall–Kier alpha value is -2.26. The highest BCUT2D eigenvalue weighted by atomic mass is 32.2. The van der Waals surface area contributed by atoms with Gasteiger partial charge in [-0.2, -0.15) is 0 Å². The van der Waals surface area contributed by atoms with E-state index in [1.54, 1.807) is 6.20 Å². The lowest BCUT2D eigenvalue weighted by molar-refractivity contribution is 0.188. The second-order valence-electron chi connectivity index (χ2n) is 7.89. The summed E-state index contributed by atoms with van der Waals surface area (Å²) in [5.74, 6) is 1.59. The van der Waals surface area contributed by atoms with Crippen LogP contribution in [-0.4, -0.2) is 50.4 Å². The average Bonchev–Trinajstić information content (AvgIpc) is 3.19. The third kappa shape index (κ3) is 5.07. The van der Waals surface area contributed by atoms with Crippen LogP contribution in [0.4, 0.5) is 0 Å². The fourth-order valence-electron chi connectivity index (χ4n) is 4.01. The van der Waals surface area contributed by atoms with Crippen LogP contribution in [0.2, 0.25) is 0 Å². The molecule has 0 saturated carbocycles. The fourth-order valence-corrected chi connectivity index (χ4v) is 4.30. The van der Waals surface area contributed by atoms with Gasteiger partial charge in [0, 0.05) is 24.5 Å². The molecule has 1 atom stereocenters. The molecule has 3 heterocycles. The Labute approximate surface area is 179 Å². The van der Waals surface area contributed by atoms with Crippen molar-refractivity contribution in [3.8, 4) is 16.9 Å². The molecule has 3 aromatic rings. The van der Waals surface area contributed by atoms with E-state index in [1.807, 2.05) is 36.5 Å². The van der Waals surface area contributed by atoms with Crippen LogP contribution in [0.3, 0.4) is 0 Å². The Kier molecular flexibility index (Phi) is 6.79. The lowest BCUT2D eigenvalue weighted by Gasteiger charge is -2.28. The Balaban J connectivity index is 1.47. The molecule has 160 valence electrons. The quantitative estimate of drug-likeness (QED) is 0.477. The normalized spacial score (nSPS) is 16.7. The van der Waals surface area contributed by atoms with Crippen LogP contribution in [-0.2, 0) is 17.8 Å². The molecule has 0 spiro atoms. The molecular weight excluding hydrogens is 400 g/mol.